The average Bonchev–Trinajstić information content (AvgIpc) is 3.12. The van der Waals surface area contributed by atoms with E-state index in [0.29, 0.717) is 18.9 Å². The van der Waals surface area contributed by atoms with Gasteiger partial charge in [-0.1, -0.05) is 11.3 Å². The van der Waals surface area contributed by atoms with Gasteiger partial charge in [0.2, 0.25) is 5.91 Å². The van der Waals surface area contributed by atoms with Crippen LogP contribution in [0.2, 0.25) is 0 Å². The summed E-state index contributed by atoms with van der Waals surface area (Å²) in [6.07, 6.45) is 0. The van der Waals surface area contributed by atoms with Crippen LogP contribution in [0.5, 0.6) is 0 Å². The van der Waals surface area contributed by atoms with Crippen LogP contribution in [0.25, 0.3) is 10.2 Å². The molecule has 10 heteroatoms. The van der Waals surface area contributed by atoms with E-state index in [1.165, 1.54) is 18.2 Å². The van der Waals surface area contributed by atoms with Gasteiger partial charge >= 0.3 is 0 Å². The molecule has 3 N–H and O–H groups in total. The third kappa shape index (κ3) is 3.59. The van der Waals surface area contributed by atoms with Crippen molar-refractivity contribution in [2.24, 2.45) is 5.73 Å². The number of fused-ring (bicyclic) bond motifs is 1. The molecule has 1 aromatic heterocycles. The summed E-state index contributed by atoms with van der Waals surface area (Å²) >= 11 is 1.57. The van der Waals surface area contributed by atoms with Crippen molar-refractivity contribution in [3.8, 4) is 0 Å². The van der Waals surface area contributed by atoms with Crippen molar-refractivity contribution in [2.45, 2.75) is 0 Å². The van der Waals surface area contributed by atoms with Crippen LogP contribution < -0.4 is 16.0 Å². The second-order valence-electron chi connectivity index (χ2n) is 6.26. The zero-order chi connectivity index (χ0) is 19.7. The van der Waals surface area contributed by atoms with Crippen molar-refractivity contribution in [1.29, 1.82) is 0 Å². The summed E-state index contributed by atoms with van der Waals surface area (Å²) < 4.78 is 6.35. The molecule has 1 aliphatic heterocycles. The fourth-order valence-electron chi connectivity index (χ4n) is 2.98. The number of carbonyl (C=O) groups excluding carboxylic acids is 1. The molecule has 2 heterocycles. The normalized spacial score (nSPS) is 14.2. The molecule has 0 unspecified atom stereocenters. The standard InChI is InChI=1S/C18H17N5O4S/c19-17(24)11-1-3-13(15(9-11)23(25)26)20-12-2-4-14-16(10-12)28-18(21-14)22-5-7-27-8-6-22/h1-4,9-10,20H,5-8H2,(H2,19,24). The molecule has 3 aromatic rings. The molecule has 4 rings (SSSR count). The van der Waals surface area contributed by atoms with E-state index in [4.69, 9.17) is 10.5 Å². The van der Waals surface area contributed by atoms with Crippen LogP contribution in [0.4, 0.5) is 22.2 Å². The number of ether oxygens (including phenoxy) is 1. The number of nitrogens with zero attached hydrogens (tertiary/aromatic N) is 3. The highest BCUT2D eigenvalue weighted by Gasteiger charge is 2.18. The van der Waals surface area contributed by atoms with Gasteiger partial charge in [0.15, 0.2) is 5.13 Å². The number of aromatic nitrogens is 1. The molecule has 0 aliphatic carbocycles. The quantitative estimate of drug-likeness (QED) is 0.499. The van der Waals surface area contributed by atoms with Crippen LogP contribution in [0.15, 0.2) is 36.4 Å². The molecule has 2 aromatic carbocycles. The molecule has 0 bridgehead atoms. The predicted molar refractivity (Wildman–Crippen MR) is 108 cm³/mol. The Hall–Kier alpha value is -3.24. The van der Waals surface area contributed by atoms with Crippen molar-refractivity contribution in [3.05, 3.63) is 52.1 Å². The summed E-state index contributed by atoms with van der Waals surface area (Å²) in [5.41, 5.74) is 6.94. The number of morpholine rings is 1. The summed E-state index contributed by atoms with van der Waals surface area (Å²) in [6.45, 7) is 2.99. The lowest BCUT2D eigenvalue weighted by atomic mass is 10.1. The van der Waals surface area contributed by atoms with Gasteiger partial charge in [0.05, 0.1) is 28.4 Å². The Morgan fingerprint density at radius 3 is 2.75 bits per heavy atom. The van der Waals surface area contributed by atoms with E-state index in [0.717, 1.165) is 28.4 Å². The number of nitro groups is 1. The Balaban J connectivity index is 1.63. The Kier molecular flexibility index (Phi) is 4.80. The van der Waals surface area contributed by atoms with Gasteiger partial charge in [-0.3, -0.25) is 14.9 Å². The Labute approximate surface area is 163 Å². The molecule has 0 radical (unpaired) electrons. The number of nitro benzene ring substituents is 1. The summed E-state index contributed by atoms with van der Waals surface area (Å²) in [4.78, 5) is 29.0. The largest absolute Gasteiger partial charge is 0.378 e. The molecule has 0 saturated carbocycles. The van der Waals surface area contributed by atoms with Crippen LogP contribution in [0.1, 0.15) is 10.4 Å². The minimum absolute atomic E-state index is 0.0883. The van der Waals surface area contributed by atoms with Gasteiger partial charge in [0.1, 0.15) is 5.69 Å². The first-order valence-corrected chi connectivity index (χ1v) is 9.41. The molecule has 1 aliphatic rings. The average molecular weight is 399 g/mol. The number of hydrogen-bond acceptors (Lipinski definition) is 8. The lowest BCUT2D eigenvalue weighted by Crippen LogP contribution is -2.36. The fourth-order valence-corrected chi connectivity index (χ4v) is 4.03. The molecule has 9 nitrogen and oxygen atoms in total. The SMILES string of the molecule is NC(=O)c1ccc(Nc2ccc3nc(N4CCOCC4)sc3c2)c([N+](=O)[O-])c1. The number of nitrogens with one attached hydrogen (secondary N) is 1. The molecule has 28 heavy (non-hydrogen) atoms. The summed E-state index contributed by atoms with van der Waals surface area (Å²) in [5, 5.41) is 15.4. The first kappa shape index (κ1) is 18.1. The highest BCUT2D eigenvalue weighted by atomic mass is 32.1. The molecular formula is C18H17N5O4S. The highest BCUT2D eigenvalue weighted by molar-refractivity contribution is 7.22. The van der Waals surface area contributed by atoms with Crippen molar-refractivity contribution in [2.75, 3.05) is 36.5 Å². The fraction of sp³-hybridized carbons (Fsp3) is 0.222. The van der Waals surface area contributed by atoms with E-state index in [2.05, 4.69) is 15.2 Å². The number of carbonyl (C=O) groups is 1. The van der Waals surface area contributed by atoms with E-state index in [1.54, 1.807) is 11.3 Å². The molecule has 1 fully saturated rings. The first-order valence-electron chi connectivity index (χ1n) is 8.60. The zero-order valence-electron chi connectivity index (χ0n) is 14.8. The van der Waals surface area contributed by atoms with E-state index < -0.39 is 10.8 Å². The zero-order valence-corrected chi connectivity index (χ0v) is 15.6. The first-order chi connectivity index (χ1) is 13.5. The summed E-state index contributed by atoms with van der Waals surface area (Å²) in [5.74, 6) is -0.712. The minimum atomic E-state index is -0.712. The van der Waals surface area contributed by atoms with Crippen LogP contribution >= 0.6 is 11.3 Å². The number of amides is 1. The molecule has 1 saturated heterocycles. The Bertz CT molecular complexity index is 1060. The van der Waals surface area contributed by atoms with Gasteiger partial charge in [-0.2, -0.15) is 0 Å². The van der Waals surface area contributed by atoms with Crippen LogP contribution in [0, 0.1) is 10.1 Å². The number of nitrogens with two attached hydrogens (primary N) is 1. The number of thiazole rings is 1. The molecule has 144 valence electrons. The van der Waals surface area contributed by atoms with Crippen LogP contribution in [-0.2, 0) is 4.74 Å². The molecule has 1 amide bonds. The number of benzene rings is 2. The van der Waals surface area contributed by atoms with Crippen molar-refractivity contribution in [3.63, 3.8) is 0 Å². The van der Waals surface area contributed by atoms with Gasteiger partial charge in [0.25, 0.3) is 5.69 Å². The lowest BCUT2D eigenvalue weighted by molar-refractivity contribution is -0.383. The second-order valence-corrected chi connectivity index (χ2v) is 7.27. The van der Waals surface area contributed by atoms with E-state index >= 15 is 0 Å². The number of hydrogen-bond donors (Lipinski definition) is 2. The van der Waals surface area contributed by atoms with Crippen molar-refractivity contribution >= 4 is 49.7 Å². The minimum Gasteiger partial charge on any atom is -0.378 e. The van der Waals surface area contributed by atoms with Gasteiger partial charge in [-0.15, -0.1) is 0 Å². The maximum absolute atomic E-state index is 11.4. The third-order valence-electron chi connectivity index (χ3n) is 4.42. The highest BCUT2D eigenvalue weighted by Crippen LogP contribution is 2.34. The van der Waals surface area contributed by atoms with Gasteiger partial charge < -0.3 is 20.7 Å². The number of rotatable bonds is 5. The molecule has 0 atom stereocenters. The second kappa shape index (κ2) is 7.41. The maximum atomic E-state index is 11.4. The monoisotopic (exact) mass is 399 g/mol. The van der Waals surface area contributed by atoms with Gasteiger partial charge in [0, 0.05) is 30.4 Å². The summed E-state index contributed by atoms with van der Waals surface area (Å²) in [6, 6.07) is 9.71. The van der Waals surface area contributed by atoms with Gasteiger partial charge in [-0.25, -0.2) is 4.98 Å². The van der Waals surface area contributed by atoms with E-state index in [1.807, 2.05) is 18.2 Å². The van der Waals surface area contributed by atoms with Crippen LogP contribution in [0.3, 0.4) is 0 Å². The Morgan fingerprint density at radius 2 is 2.04 bits per heavy atom. The summed E-state index contributed by atoms with van der Waals surface area (Å²) in [7, 11) is 0. The topological polar surface area (TPSA) is 124 Å². The predicted octanol–water partition coefficient (Wildman–Crippen LogP) is 2.88. The Morgan fingerprint density at radius 1 is 1.25 bits per heavy atom. The third-order valence-corrected chi connectivity index (χ3v) is 5.50. The lowest BCUT2D eigenvalue weighted by Gasteiger charge is -2.25. The smallest absolute Gasteiger partial charge is 0.293 e. The van der Waals surface area contributed by atoms with Crippen LogP contribution in [-0.4, -0.2) is 42.1 Å². The van der Waals surface area contributed by atoms with Gasteiger partial charge in [-0.05, 0) is 30.3 Å². The van der Waals surface area contributed by atoms with E-state index in [-0.39, 0.29) is 16.9 Å². The van der Waals surface area contributed by atoms with Crippen molar-refractivity contribution in [1.82, 2.24) is 4.98 Å². The molecule has 0 spiro atoms. The van der Waals surface area contributed by atoms with Crippen molar-refractivity contribution < 1.29 is 14.5 Å². The number of primary amides is 1. The van der Waals surface area contributed by atoms with E-state index in [9.17, 15) is 14.9 Å². The molecular weight excluding hydrogens is 382 g/mol. The maximum Gasteiger partial charge on any atom is 0.293 e. The number of anilines is 3.